The van der Waals surface area contributed by atoms with Crippen LogP contribution in [0.5, 0.6) is 5.75 Å². The van der Waals surface area contributed by atoms with Crippen molar-refractivity contribution in [2.24, 2.45) is 0 Å². The van der Waals surface area contributed by atoms with E-state index in [9.17, 15) is 8.78 Å². The zero-order valence-corrected chi connectivity index (χ0v) is 16.0. The average molecular weight is 415 g/mol. The first-order valence-corrected chi connectivity index (χ1v) is 9.29. The van der Waals surface area contributed by atoms with Crippen LogP contribution >= 0.6 is 11.6 Å². The number of nitrogens with zero attached hydrogens (tertiary/aromatic N) is 2. The first-order chi connectivity index (χ1) is 14.1. The van der Waals surface area contributed by atoms with Gasteiger partial charge in [-0.15, -0.1) is 0 Å². The molecule has 0 saturated carbocycles. The summed E-state index contributed by atoms with van der Waals surface area (Å²) in [5, 5.41) is 4.70. The number of halogens is 3. The van der Waals surface area contributed by atoms with Gasteiger partial charge < -0.3 is 15.0 Å². The largest absolute Gasteiger partial charge is 0.434 e. The molecule has 0 aliphatic rings. The summed E-state index contributed by atoms with van der Waals surface area (Å²) in [5.41, 5.74) is 3.52. The van der Waals surface area contributed by atoms with E-state index in [4.69, 9.17) is 11.6 Å². The number of rotatable bonds is 7. The molecule has 0 aliphatic heterocycles. The number of alkyl halides is 2. The third-order valence-electron chi connectivity index (χ3n) is 4.45. The number of nitrogens with one attached hydrogen (secondary N) is 2. The van der Waals surface area contributed by atoms with Gasteiger partial charge in [0, 0.05) is 42.5 Å². The molecular formula is C21H17ClF2N4O. The second-order valence-corrected chi connectivity index (χ2v) is 6.87. The highest BCUT2D eigenvalue weighted by Gasteiger charge is 2.10. The average Bonchev–Trinajstić information content (AvgIpc) is 3.10. The van der Waals surface area contributed by atoms with Crippen molar-refractivity contribution in [1.82, 2.24) is 15.0 Å². The summed E-state index contributed by atoms with van der Waals surface area (Å²) in [6.45, 7) is -2.54. The Morgan fingerprint density at radius 1 is 1.07 bits per heavy atom. The molecule has 8 heteroatoms. The monoisotopic (exact) mass is 414 g/mol. The minimum Gasteiger partial charge on any atom is -0.434 e. The van der Waals surface area contributed by atoms with Crippen LogP contribution in [-0.4, -0.2) is 21.6 Å². The topological polar surface area (TPSA) is 62.8 Å². The Hall–Kier alpha value is -3.19. The Kier molecular flexibility index (Phi) is 5.57. The molecule has 29 heavy (non-hydrogen) atoms. The number of para-hydroxylation sites is 1. The number of benzene rings is 1. The first-order valence-electron chi connectivity index (χ1n) is 8.91. The second-order valence-electron chi connectivity index (χ2n) is 6.43. The van der Waals surface area contributed by atoms with Gasteiger partial charge in [-0.2, -0.15) is 8.78 Å². The summed E-state index contributed by atoms with van der Waals surface area (Å²) in [6.07, 6.45) is 5.98. The number of pyridine rings is 2. The van der Waals surface area contributed by atoms with Gasteiger partial charge in [-0.05, 0) is 29.3 Å². The first kappa shape index (κ1) is 19.1. The van der Waals surface area contributed by atoms with Crippen LogP contribution in [0, 0.1) is 0 Å². The van der Waals surface area contributed by atoms with Gasteiger partial charge in [0.05, 0.1) is 5.02 Å². The number of aromatic nitrogens is 3. The Labute approximate surface area is 170 Å². The molecule has 0 atom stereocenters. The van der Waals surface area contributed by atoms with E-state index in [-0.39, 0.29) is 5.75 Å². The number of fused-ring (bicyclic) bond motifs is 1. The maximum absolute atomic E-state index is 12.5. The molecule has 0 bridgehead atoms. The van der Waals surface area contributed by atoms with Crippen molar-refractivity contribution in [3.63, 3.8) is 0 Å². The molecule has 0 spiro atoms. The van der Waals surface area contributed by atoms with E-state index in [1.165, 1.54) is 6.07 Å². The number of hydrogen-bond acceptors (Lipinski definition) is 4. The van der Waals surface area contributed by atoms with Crippen LogP contribution in [0.2, 0.25) is 5.02 Å². The Morgan fingerprint density at radius 2 is 1.93 bits per heavy atom. The van der Waals surface area contributed by atoms with Crippen molar-refractivity contribution in [3.8, 4) is 5.75 Å². The highest BCUT2D eigenvalue weighted by Crippen LogP contribution is 2.24. The van der Waals surface area contributed by atoms with E-state index in [2.05, 4.69) is 25.0 Å². The molecule has 1 aromatic carbocycles. The van der Waals surface area contributed by atoms with Gasteiger partial charge in [-0.3, -0.25) is 0 Å². The predicted octanol–water partition coefficient (Wildman–Crippen LogP) is 5.42. The van der Waals surface area contributed by atoms with Crippen molar-refractivity contribution in [2.45, 2.75) is 19.6 Å². The lowest BCUT2D eigenvalue weighted by atomic mass is 10.1. The van der Waals surface area contributed by atoms with Gasteiger partial charge in [0.2, 0.25) is 0 Å². The fraction of sp³-hybridized carbons (Fsp3) is 0.143. The van der Waals surface area contributed by atoms with Gasteiger partial charge in [0.1, 0.15) is 17.2 Å². The second kappa shape index (κ2) is 8.45. The zero-order valence-electron chi connectivity index (χ0n) is 15.2. The standard InChI is InChI=1S/C21H17ClF2N4O/c22-16-8-17-15(11-27-20(17)28-12-16)7-13-5-6-19(25-9-13)26-10-14-3-1-2-4-18(14)29-21(23)24/h1-6,8-9,11-12,21H,7,10H2,(H,25,26)(H,27,28). The van der Waals surface area contributed by atoms with Crippen LogP contribution < -0.4 is 10.1 Å². The number of aromatic amines is 1. The van der Waals surface area contributed by atoms with E-state index >= 15 is 0 Å². The van der Waals surface area contributed by atoms with Crippen molar-refractivity contribution in [1.29, 1.82) is 0 Å². The number of anilines is 1. The molecule has 0 radical (unpaired) electrons. The van der Waals surface area contributed by atoms with E-state index in [1.54, 1.807) is 30.6 Å². The van der Waals surface area contributed by atoms with Gasteiger partial charge in [0.15, 0.2) is 0 Å². The smallest absolute Gasteiger partial charge is 0.387 e. The number of hydrogen-bond donors (Lipinski definition) is 2. The Morgan fingerprint density at radius 3 is 2.72 bits per heavy atom. The minimum absolute atomic E-state index is 0.151. The predicted molar refractivity (Wildman–Crippen MR) is 109 cm³/mol. The summed E-state index contributed by atoms with van der Waals surface area (Å²) in [6, 6.07) is 12.4. The molecule has 0 amide bonds. The summed E-state index contributed by atoms with van der Waals surface area (Å²) in [4.78, 5) is 11.8. The highest BCUT2D eigenvalue weighted by atomic mass is 35.5. The fourth-order valence-corrected chi connectivity index (χ4v) is 3.24. The molecule has 4 aromatic rings. The Bertz CT molecular complexity index is 1120. The van der Waals surface area contributed by atoms with E-state index in [0.29, 0.717) is 29.4 Å². The summed E-state index contributed by atoms with van der Waals surface area (Å²) < 4.78 is 29.6. The van der Waals surface area contributed by atoms with Crippen molar-refractivity contribution in [2.75, 3.05) is 5.32 Å². The molecule has 2 N–H and O–H groups in total. The number of ether oxygens (including phenoxy) is 1. The van der Waals surface area contributed by atoms with E-state index in [1.807, 2.05) is 24.4 Å². The van der Waals surface area contributed by atoms with Gasteiger partial charge in [0.25, 0.3) is 0 Å². The molecule has 3 heterocycles. The summed E-state index contributed by atoms with van der Waals surface area (Å²) in [7, 11) is 0. The zero-order chi connectivity index (χ0) is 20.2. The Balaban J connectivity index is 1.43. The summed E-state index contributed by atoms with van der Waals surface area (Å²) in [5.74, 6) is 0.794. The summed E-state index contributed by atoms with van der Waals surface area (Å²) >= 11 is 6.05. The molecule has 0 aliphatic carbocycles. The van der Waals surface area contributed by atoms with Gasteiger partial charge >= 0.3 is 6.61 Å². The SMILES string of the molecule is FC(F)Oc1ccccc1CNc1ccc(Cc2c[nH]c3ncc(Cl)cc23)cn1. The molecule has 5 nitrogen and oxygen atoms in total. The van der Waals surface area contributed by atoms with E-state index in [0.717, 1.165) is 22.2 Å². The van der Waals surface area contributed by atoms with Crippen molar-refractivity contribution < 1.29 is 13.5 Å². The van der Waals surface area contributed by atoms with Crippen LogP contribution in [-0.2, 0) is 13.0 Å². The maximum Gasteiger partial charge on any atom is 0.387 e. The quantitative estimate of drug-likeness (QED) is 0.424. The highest BCUT2D eigenvalue weighted by molar-refractivity contribution is 6.31. The van der Waals surface area contributed by atoms with Gasteiger partial charge in [-0.1, -0.05) is 35.9 Å². The third-order valence-corrected chi connectivity index (χ3v) is 4.66. The van der Waals surface area contributed by atoms with Crippen molar-refractivity contribution in [3.05, 3.63) is 82.8 Å². The third kappa shape index (κ3) is 4.63. The molecule has 148 valence electrons. The molecule has 4 rings (SSSR count). The molecule has 3 aromatic heterocycles. The lowest BCUT2D eigenvalue weighted by Crippen LogP contribution is -2.07. The molecule has 0 unspecified atom stereocenters. The van der Waals surface area contributed by atoms with Crippen LogP contribution in [0.4, 0.5) is 14.6 Å². The number of H-pyrrole nitrogens is 1. The lowest BCUT2D eigenvalue weighted by molar-refractivity contribution is -0.0504. The minimum atomic E-state index is -2.86. The van der Waals surface area contributed by atoms with Crippen molar-refractivity contribution >= 4 is 28.5 Å². The molecule has 0 fully saturated rings. The van der Waals surface area contributed by atoms with E-state index < -0.39 is 6.61 Å². The fourth-order valence-electron chi connectivity index (χ4n) is 3.08. The van der Waals surface area contributed by atoms with Crippen LogP contribution in [0.3, 0.4) is 0 Å². The molecular weight excluding hydrogens is 398 g/mol. The normalized spacial score (nSPS) is 11.2. The maximum atomic E-state index is 12.5. The van der Waals surface area contributed by atoms with Gasteiger partial charge in [-0.25, -0.2) is 9.97 Å². The lowest BCUT2D eigenvalue weighted by Gasteiger charge is -2.12. The molecule has 0 saturated heterocycles. The van der Waals surface area contributed by atoms with Crippen LogP contribution in [0.1, 0.15) is 16.7 Å². The van der Waals surface area contributed by atoms with Crippen LogP contribution in [0.25, 0.3) is 11.0 Å². The van der Waals surface area contributed by atoms with Crippen LogP contribution in [0.15, 0.2) is 61.1 Å².